The monoisotopic (exact) mass is 336 g/mol. The molecule has 0 fully saturated rings. The number of aryl methyl sites for hydroxylation is 1. The quantitative estimate of drug-likeness (QED) is 0.573. The first-order valence-corrected chi connectivity index (χ1v) is 8.89. The summed E-state index contributed by atoms with van der Waals surface area (Å²) in [7, 11) is 0. The number of carbonyl (C=O) groups excluding carboxylic acids is 1. The van der Waals surface area contributed by atoms with E-state index in [9.17, 15) is 4.79 Å². The number of hydrogen-bond acceptors (Lipinski definition) is 3. The molecule has 3 rings (SSSR count). The molecule has 0 atom stereocenters. The molecule has 1 aliphatic heterocycles. The lowest BCUT2D eigenvalue weighted by Crippen LogP contribution is -2.03. The summed E-state index contributed by atoms with van der Waals surface area (Å²) >= 11 is 0. The molecule has 0 unspecified atom stereocenters. The molecule has 1 aliphatic rings. The molecule has 0 bridgehead atoms. The number of benzene rings is 2. The van der Waals surface area contributed by atoms with Crippen LogP contribution in [0.3, 0.4) is 0 Å². The van der Waals surface area contributed by atoms with Crippen LogP contribution in [0.15, 0.2) is 42.5 Å². The van der Waals surface area contributed by atoms with Crippen LogP contribution in [0.2, 0.25) is 0 Å². The normalized spacial score (nSPS) is 14.2. The highest BCUT2D eigenvalue weighted by atomic mass is 16.5. The van der Waals surface area contributed by atoms with Crippen LogP contribution < -0.4 is 4.74 Å². The summed E-state index contributed by atoms with van der Waals surface area (Å²) in [6.07, 6.45) is 5.50. The highest BCUT2D eigenvalue weighted by molar-refractivity contribution is 5.90. The lowest BCUT2D eigenvalue weighted by molar-refractivity contribution is 0.0526. The number of ether oxygens (including phenoxy) is 2. The summed E-state index contributed by atoms with van der Waals surface area (Å²) in [4.78, 5) is 11.7. The van der Waals surface area contributed by atoms with Gasteiger partial charge in [-0.1, -0.05) is 24.3 Å². The Labute approximate surface area is 149 Å². The number of hydrogen-bond donors (Lipinski definition) is 0. The second kappa shape index (κ2) is 8.02. The minimum absolute atomic E-state index is 0.277. The zero-order valence-electron chi connectivity index (χ0n) is 14.9. The maximum absolute atomic E-state index is 11.7. The number of rotatable bonds is 4. The van der Waals surface area contributed by atoms with E-state index in [1.165, 1.54) is 23.1 Å². The summed E-state index contributed by atoms with van der Waals surface area (Å²) in [5, 5.41) is 0. The highest BCUT2D eigenvalue weighted by Gasteiger charge is 2.10. The summed E-state index contributed by atoms with van der Waals surface area (Å²) in [5.74, 6) is 0.744. The molecule has 0 aromatic heterocycles. The number of esters is 1. The zero-order chi connectivity index (χ0) is 17.6. The van der Waals surface area contributed by atoms with E-state index >= 15 is 0 Å². The van der Waals surface area contributed by atoms with Gasteiger partial charge in [-0.25, -0.2) is 4.79 Å². The fraction of sp³-hybridized carbons (Fsp3) is 0.318. The van der Waals surface area contributed by atoms with Crippen molar-refractivity contribution in [3.63, 3.8) is 0 Å². The first-order valence-electron chi connectivity index (χ1n) is 8.89. The van der Waals surface area contributed by atoms with Gasteiger partial charge in [-0.2, -0.15) is 0 Å². The number of allylic oxidation sites excluding steroid dienone is 1. The molecule has 0 aliphatic carbocycles. The van der Waals surface area contributed by atoms with Gasteiger partial charge in [0.05, 0.1) is 18.8 Å². The van der Waals surface area contributed by atoms with E-state index in [1.54, 1.807) is 0 Å². The van der Waals surface area contributed by atoms with Gasteiger partial charge in [-0.3, -0.25) is 0 Å². The summed E-state index contributed by atoms with van der Waals surface area (Å²) < 4.78 is 10.8. The molecule has 0 saturated carbocycles. The molecule has 1 heterocycles. The molecule has 0 radical (unpaired) electrons. The van der Waals surface area contributed by atoms with Gasteiger partial charge in [0, 0.05) is 0 Å². The summed E-state index contributed by atoms with van der Waals surface area (Å²) in [5.41, 5.74) is 5.34. The van der Waals surface area contributed by atoms with Gasteiger partial charge in [-0.15, -0.1) is 0 Å². The molecule has 3 heteroatoms. The van der Waals surface area contributed by atoms with Crippen molar-refractivity contribution < 1.29 is 14.3 Å². The molecule has 2 aromatic rings. The van der Waals surface area contributed by atoms with Gasteiger partial charge in [0.1, 0.15) is 5.75 Å². The first-order chi connectivity index (χ1) is 12.2. The zero-order valence-corrected chi connectivity index (χ0v) is 14.9. The number of carbonyl (C=O) groups is 1. The third kappa shape index (κ3) is 4.30. The maximum Gasteiger partial charge on any atom is 0.338 e. The average molecular weight is 336 g/mol. The van der Waals surface area contributed by atoms with Gasteiger partial charge >= 0.3 is 5.97 Å². The van der Waals surface area contributed by atoms with Crippen molar-refractivity contribution in [2.24, 2.45) is 0 Å². The van der Waals surface area contributed by atoms with Crippen molar-refractivity contribution >= 4 is 17.6 Å². The smallest absolute Gasteiger partial charge is 0.338 e. The molecule has 25 heavy (non-hydrogen) atoms. The fourth-order valence-corrected chi connectivity index (χ4v) is 3.02. The fourth-order valence-electron chi connectivity index (χ4n) is 3.02. The van der Waals surface area contributed by atoms with Crippen LogP contribution in [-0.4, -0.2) is 19.2 Å². The van der Waals surface area contributed by atoms with Crippen molar-refractivity contribution in [2.45, 2.75) is 33.1 Å². The summed E-state index contributed by atoms with van der Waals surface area (Å²) in [6, 6.07) is 13.9. The molecule has 0 saturated heterocycles. The SMILES string of the molecule is CCOC(=O)c1ccc(C=C(C)c2ccc3c(c2)CCCCO3)cc1. The van der Waals surface area contributed by atoms with Crippen molar-refractivity contribution in [1.29, 1.82) is 0 Å². The van der Waals surface area contributed by atoms with E-state index in [4.69, 9.17) is 9.47 Å². The van der Waals surface area contributed by atoms with Gasteiger partial charge in [0.25, 0.3) is 0 Å². The Morgan fingerprint density at radius 2 is 1.88 bits per heavy atom. The van der Waals surface area contributed by atoms with E-state index in [0.717, 1.165) is 30.8 Å². The van der Waals surface area contributed by atoms with Crippen LogP contribution >= 0.6 is 0 Å². The summed E-state index contributed by atoms with van der Waals surface area (Å²) in [6.45, 7) is 5.12. The Balaban J connectivity index is 1.79. The highest BCUT2D eigenvalue weighted by Crippen LogP contribution is 2.28. The molecular formula is C22H24O3. The topological polar surface area (TPSA) is 35.5 Å². The molecule has 0 N–H and O–H groups in total. The second-order valence-corrected chi connectivity index (χ2v) is 6.30. The van der Waals surface area contributed by atoms with Gasteiger partial charge in [0.15, 0.2) is 0 Å². The third-order valence-electron chi connectivity index (χ3n) is 4.42. The van der Waals surface area contributed by atoms with Crippen LogP contribution in [0, 0.1) is 0 Å². The Kier molecular flexibility index (Phi) is 5.54. The predicted octanol–water partition coefficient (Wildman–Crippen LogP) is 5.14. The molecular weight excluding hydrogens is 312 g/mol. The van der Waals surface area contributed by atoms with E-state index < -0.39 is 0 Å². The molecule has 2 aromatic carbocycles. The number of fused-ring (bicyclic) bond motifs is 1. The van der Waals surface area contributed by atoms with Crippen molar-refractivity contribution in [3.8, 4) is 5.75 Å². The van der Waals surface area contributed by atoms with E-state index in [2.05, 4.69) is 31.2 Å². The second-order valence-electron chi connectivity index (χ2n) is 6.30. The van der Waals surface area contributed by atoms with Crippen molar-refractivity contribution in [2.75, 3.05) is 13.2 Å². The van der Waals surface area contributed by atoms with Crippen LogP contribution in [0.25, 0.3) is 11.6 Å². The lowest BCUT2D eigenvalue weighted by atomic mass is 9.99. The van der Waals surface area contributed by atoms with Crippen LogP contribution in [0.5, 0.6) is 5.75 Å². The standard InChI is InChI=1S/C22H24O3/c1-3-24-22(23)18-9-7-17(8-10-18)14-16(2)19-11-12-21-20(15-19)6-4-5-13-25-21/h7-12,14-15H,3-6,13H2,1-2H3. The Morgan fingerprint density at radius 3 is 2.64 bits per heavy atom. The Bertz CT molecular complexity index is 772. The van der Waals surface area contributed by atoms with Crippen LogP contribution in [0.1, 0.15) is 53.7 Å². The van der Waals surface area contributed by atoms with Crippen LogP contribution in [0.4, 0.5) is 0 Å². The molecule has 0 spiro atoms. The van der Waals surface area contributed by atoms with E-state index in [-0.39, 0.29) is 5.97 Å². The largest absolute Gasteiger partial charge is 0.493 e. The first kappa shape index (κ1) is 17.3. The molecule has 3 nitrogen and oxygen atoms in total. The minimum Gasteiger partial charge on any atom is -0.493 e. The van der Waals surface area contributed by atoms with Gasteiger partial charge in [-0.05, 0) is 79.6 Å². The average Bonchev–Trinajstić information content (AvgIpc) is 2.87. The molecule has 130 valence electrons. The van der Waals surface area contributed by atoms with Crippen LogP contribution in [-0.2, 0) is 11.2 Å². The van der Waals surface area contributed by atoms with Gasteiger partial charge < -0.3 is 9.47 Å². The third-order valence-corrected chi connectivity index (χ3v) is 4.42. The lowest BCUT2D eigenvalue weighted by Gasteiger charge is -2.10. The van der Waals surface area contributed by atoms with Crippen molar-refractivity contribution in [1.82, 2.24) is 0 Å². The van der Waals surface area contributed by atoms with Gasteiger partial charge in [0.2, 0.25) is 0 Å². The van der Waals surface area contributed by atoms with Crippen molar-refractivity contribution in [3.05, 3.63) is 64.7 Å². The van der Waals surface area contributed by atoms with E-state index in [1.807, 2.05) is 31.2 Å². The van der Waals surface area contributed by atoms with E-state index in [0.29, 0.717) is 12.2 Å². The predicted molar refractivity (Wildman–Crippen MR) is 101 cm³/mol. The minimum atomic E-state index is -0.277. The molecule has 0 amide bonds. The Hall–Kier alpha value is -2.55. The Morgan fingerprint density at radius 1 is 1.12 bits per heavy atom. The maximum atomic E-state index is 11.7.